The number of methoxy groups -OCH3 is 2. The van der Waals surface area contributed by atoms with Crippen LogP contribution >= 0.6 is 0 Å². The molecule has 0 amide bonds. The largest absolute Gasteiger partial charge is 0.497 e. The molecule has 1 aliphatic carbocycles. The fourth-order valence-corrected chi connectivity index (χ4v) is 4.87. The van der Waals surface area contributed by atoms with E-state index in [1.807, 2.05) is 56.3 Å². The van der Waals surface area contributed by atoms with Crippen LogP contribution in [0.1, 0.15) is 55.7 Å². The van der Waals surface area contributed by atoms with Crippen LogP contribution in [0, 0.1) is 17.2 Å². The van der Waals surface area contributed by atoms with Gasteiger partial charge >= 0.3 is 5.97 Å². The molecule has 4 rings (SSSR count). The molecule has 1 saturated carbocycles. The second kappa shape index (κ2) is 12.0. The summed E-state index contributed by atoms with van der Waals surface area (Å²) >= 11 is 0. The Balaban J connectivity index is 1.58. The van der Waals surface area contributed by atoms with E-state index in [1.54, 1.807) is 19.2 Å². The summed E-state index contributed by atoms with van der Waals surface area (Å²) in [6, 6.07) is 18.5. The summed E-state index contributed by atoms with van der Waals surface area (Å²) in [7, 11) is 2.99. The predicted molar refractivity (Wildman–Crippen MR) is 146 cm³/mol. The van der Waals surface area contributed by atoms with Crippen molar-refractivity contribution in [1.82, 2.24) is 0 Å². The van der Waals surface area contributed by atoms with Crippen molar-refractivity contribution in [2.45, 2.75) is 52.1 Å². The summed E-state index contributed by atoms with van der Waals surface area (Å²) in [6.07, 6.45) is 3.19. The van der Waals surface area contributed by atoms with E-state index >= 15 is 0 Å². The Bertz CT molecular complexity index is 1260. The molecular weight excluding hydrogens is 483 g/mol. The second-order valence-electron chi connectivity index (χ2n) is 10.9. The topological polar surface area (TPSA) is 65.0 Å². The fourth-order valence-electron chi connectivity index (χ4n) is 4.87. The number of benzene rings is 3. The number of esters is 1. The summed E-state index contributed by atoms with van der Waals surface area (Å²) in [4.78, 5) is 12.0. The standard InChI is InChI=1S/C32H37FO5/c1-32(2,20-34)18-24-14-21(8-12-27(24)29-16-25(36-3)11-13-30(29)33)19-38-26-7-5-6-23(15-26)28(22-9-10-22)17-31(35)37-4/h5-8,11-16,22,28,34H,9-10,17-20H2,1-4H3/t28-/m0/s1. The Hall–Kier alpha value is -3.38. The molecule has 0 unspecified atom stereocenters. The zero-order chi connectivity index (χ0) is 27.3. The molecule has 38 heavy (non-hydrogen) atoms. The Kier molecular flexibility index (Phi) is 8.72. The van der Waals surface area contributed by atoms with Gasteiger partial charge in [-0.1, -0.05) is 44.2 Å². The first kappa shape index (κ1) is 27.6. The smallest absolute Gasteiger partial charge is 0.306 e. The third-order valence-electron chi connectivity index (χ3n) is 7.23. The second-order valence-corrected chi connectivity index (χ2v) is 10.9. The normalized spacial score (nSPS) is 14.2. The highest BCUT2D eigenvalue weighted by Crippen LogP contribution is 2.45. The van der Waals surface area contributed by atoms with Crippen molar-refractivity contribution in [2.24, 2.45) is 11.3 Å². The van der Waals surface area contributed by atoms with Crippen molar-refractivity contribution >= 4 is 5.97 Å². The van der Waals surface area contributed by atoms with Crippen LogP contribution in [-0.2, 0) is 22.6 Å². The summed E-state index contributed by atoms with van der Waals surface area (Å²) in [5.74, 6) is 1.43. The predicted octanol–water partition coefficient (Wildman–Crippen LogP) is 6.70. The lowest BCUT2D eigenvalue weighted by Gasteiger charge is -2.24. The lowest BCUT2D eigenvalue weighted by Crippen LogP contribution is -2.20. The maximum Gasteiger partial charge on any atom is 0.306 e. The zero-order valence-electron chi connectivity index (χ0n) is 22.6. The molecule has 0 aromatic heterocycles. The minimum absolute atomic E-state index is 0.00822. The molecule has 0 spiro atoms. The first-order valence-electron chi connectivity index (χ1n) is 13.1. The SMILES string of the molecule is COC(=O)C[C@H](c1cccc(OCc2ccc(-c3cc(OC)ccc3F)c(CC(C)(C)CO)c2)c1)C1CC1. The minimum Gasteiger partial charge on any atom is -0.497 e. The van der Waals surface area contributed by atoms with E-state index in [2.05, 4.69) is 0 Å². The van der Waals surface area contributed by atoms with Gasteiger partial charge in [0.05, 0.1) is 20.6 Å². The highest BCUT2D eigenvalue weighted by molar-refractivity contribution is 5.71. The van der Waals surface area contributed by atoms with Gasteiger partial charge < -0.3 is 19.3 Å². The van der Waals surface area contributed by atoms with Crippen molar-refractivity contribution < 1.29 is 28.5 Å². The molecule has 0 saturated heterocycles. The van der Waals surface area contributed by atoms with E-state index in [4.69, 9.17) is 14.2 Å². The lowest BCUT2D eigenvalue weighted by atomic mass is 9.83. The van der Waals surface area contributed by atoms with Gasteiger partial charge in [-0.05, 0) is 89.1 Å². The van der Waals surface area contributed by atoms with Crippen molar-refractivity contribution in [3.8, 4) is 22.6 Å². The van der Waals surface area contributed by atoms with Crippen LogP contribution in [-0.4, -0.2) is 31.9 Å². The van der Waals surface area contributed by atoms with Crippen LogP contribution in [0.25, 0.3) is 11.1 Å². The highest BCUT2D eigenvalue weighted by atomic mass is 19.1. The first-order chi connectivity index (χ1) is 18.2. The lowest BCUT2D eigenvalue weighted by molar-refractivity contribution is -0.141. The first-order valence-corrected chi connectivity index (χ1v) is 13.1. The minimum atomic E-state index is -0.380. The number of hydrogen-bond donors (Lipinski definition) is 1. The Morgan fingerprint density at radius 1 is 1.03 bits per heavy atom. The van der Waals surface area contributed by atoms with Crippen molar-refractivity contribution in [3.05, 3.63) is 83.2 Å². The van der Waals surface area contributed by atoms with E-state index in [-0.39, 0.29) is 29.7 Å². The molecule has 3 aromatic rings. The van der Waals surface area contributed by atoms with Gasteiger partial charge in [0.1, 0.15) is 23.9 Å². The molecule has 1 atom stereocenters. The Morgan fingerprint density at radius 3 is 2.50 bits per heavy atom. The van der Waals surface area contributed by atoms with Crippen molar-refractivity contribution in [1.29, 1.82) is 0 Å². The molecule has 6 heteroatoms. The summed E-state index contributed by atoms with van der Waals surface area (Å²) in [5.41, 5.74) is 3.81. The number of ether oxygens (including phenoxy) is 3. The summed E-state index contributed by atoms with van der Waals surface area (Å²) in [5, 5.41) is 9.91. The fraction of sp³-hybridized carbons (Fsp3) is 0.406. The van der Waals surface area contributed by atoms with E-state index < -0.39 is 0 Å². The maximum absolute atomic E-state index is 14.9. The zero-order valence-corrected chi connectivity index (χ0v) is 22.6. The van der Waals surface area contributed by atoms with E-state index in [0.717, 1.165) is 40.8 Å². The Morgan fingerprint density at radius 2 is 1.82 bits per heavy atom. The number of halogens is 1. The van der Waals surface area contributed by atoms with Gasteiger partial charge in [0, 0.05) is 12.2 Å². The molecule has 1 fully saturated rings. The monoisotopic (exact) mass is 520 g/mol. The van der Waals surface area contributed by atoms with Crippen LogP contribution in [0.15, 0.2) is 60.7 Å². The molecule has 5 nitrogen and oxygen atoms in total. The van der Waals surface area contributed by atoms with Gasteiger partial charge in [-0.25, -0.2) is 4.39 Å². The van der Waals surface area contributed by atoms with Crippen LogP contribution in [0.3, 0.4) is 0 Å². The molecule has 0 radical (unpaired) electrons. The average Bonchev–Trinajstić information content (AvgIpc) is 3.76. The van der Waals surface area contributed by atoms with Gasteiger partial charge in [0.15, 0.2) is 0 Å². The Labute approximate surface area is 224 Å². The van der Waals surface area contributed by atoms with Gasteiger partial charge in [0.2, 0.25) is 0 Å². The molecule has 1 aliphatic rings. The number of aliphatic hydroxyl groups is 1. The number of aliphatic hydroxyl groups excluding tert-OH is 1. The maximum atomic E-state index is 14.9. The molecule has 202 valence electrons. The molecule has 3 aromatic carbocycles. The third kappa shape index (κ3) is 6.93. The van der Waals surface area contributed by atoms with Crippen LogP contribution in [0.2, 0.25) is 0 Å². The molecule has 0 heterocycles. The van der Waals surface area contributed by atoms with Crippen molar-refractivity contribution in [2.75, 3.05) is 20.8 Å². The van der Waals surface area contributed by atoms with E-state index in [9.17, 15) is 14.3 Å². The van der Waals surface area contributed by atoms with Crippen LogP contribution in [0.5, 0.6) is 11.5 Å². The van der Waals surface area contributed by atoms with Gasteiger partial charge in [-0.15, -0.1) is 0 Å². The molecule has 0 bridgehead atoms. The average molecular weight is 521 g/mol. The highest BCUT2D eigenvalue weighted by Gasteiger charge is 2.34. The number of carbonyl (C=O) groups is 1. The van der Waals surface area contributed by atoms with Crippen LogP contribution in [0.4, 0.5) is 4.39 Å². The van der Waals surface area contributed by atoms with E-state index in [1.165, 1.54) is 13.2 Å². The molecule has 1 N–H and O–H groups in total. The number of hydrogen-bond acceptors (Lipinski definition) is 5. The van der Waals surface area contributed by atoms with Gasteiger partial charge in [0.25, 0.3) is 0 Å². The quantitative estimate of drug-likeness (QED) is 0.269. The number of carbonyl (C=O) groups excluding carboxylic acids is 1. The van der Waals surface area contributed by atoms with Gasteiger partial charge in [-0.3, -0.25) is 4.79 Å². The molecule has 0 aliphatic heterocycles. The summed E-state index contributed by atoms with van der Waals surface area (Å²) in [6.45, 7) is 4.31. The van der Waals surface area contributed by atoms with Gasteiger partial charge in [-0.2, -0.15) is 0 Å². The van der Waals surface area contributed by atoms with Crippen molar-refractivity contribution in [3.63, 3.8) is 0 Å². The third-order valence-corrected chi connectivity index (χ3v) is 7.23. The number of rotatable bonds is 12. The van der Waals surface area contributed by atoms with Crippen LogP contribution < -0.4 is 9.47 Å². The summed E-state index contributed by atoms with van der Waals surface area (Å²) < 4.78 is 31.3. The van der Waals surface area contributed by atoms with E-state index in [0.29, 0.717) is 36.7 Å². The molecular formula is C32H37FO5.